The van der Waals surface area contributed by atoms with E-state index in [1.54, 1.807) is 34.4 Å². The molecule has 0 unspecified atom stereocenters. The van der Waals surface area contributed by atoms with Gasteiger partial charge >= 0.3 is 0 Å². The smallest absolute Gasteiger partial charge is 0.223 e. The van der Waals surface area contributed by atoms with Crippen molar-refractivity contribution >= 4 is 56.9 Å². The average molecular weight is 1270 g/mol. The molecule has 7 heterocycles. The summed E-state index contributed by atoms with van der Waals surface area (Å²) in [5.74, 6) is 0.789. The van der Waals surface area contributed by atoms with Crippen molar-refractivity contribution < 1.29 is 9.59 Å². The molecule has 3 aromatic carbocycles. The Bertz CT molecular complexity index is 3600. The number of nitrogens with two attached hydrogens (primary N) is 2. The number of fused-ring (bicyclic) bond motifs is 3. The van der Waals surface area contributed by atoms with E-state index in [0.29, 0.717) is 29.3 Å². The number of carbonyl (C=O) groups is 2. The minimum atomic E-state index is -0.0450. The summed E-state index contributed by atoms with van der Waals surface area (Å²) in [5, 5.41) is 17.2. The van der Waals surface area contributed by atoms with Crippen molar-refractivity contribution in [2.75, 3.05) is 32.5 Å². The number of pyridine rings is 3. The molecule has 0 aliphatic heterocycles. The summed E-state index contributed by atoms with van der Waals surface area (Å²) in [7, 11) is 3.78. The SMILES string of the molecule is C.C.CC.CC.CC.CC.CC.CC.CC.CC.CC(=O)c1c(-c2cccc(C)c2)nn2ccccc12.CCN=C(N)N.CCNc1nccc(-c2c(-c3cccc(C)c3)nn3ccccc23)n1.Cc1cccc(-c2nn3ccccc3c2C(=O)/C=C/N(C)C)c1.[B].[B]. The number of aromatic nitrogens is 8. The van der Waals surface area contributed by atoms with Gasteiger partial charge in [-0.15, -0.1) is 0 Å². The van der Waals surface area contributed by atoms with Gasteiger partial charge in [0, 0.05) is 97.8 Å². The van der Waals surface area contributed by atoms with Crippen molar-refractivity contribution in [3.8, 4) is 45.0 Å². The molecule has 10 aromatic rings. The molecule has 5 N–H and O–H groups in total. The molecular formula is C76H117B2N13O2. The topological polar surface area (TPSA) is 191 Å². The number of hydrogen-bond acceptors (Lipinski definition) is 10. The molecule has 7 aromatic heterocycles. The second kappa shape index (κ2) is 55.7. The number of aryl methyl sites for hydroxylation is 3. The van der Waals surface area contributed by atoms with E-state index in [1.807, 2.05) is 284 Å². The van der Waals surface area contributed by atoms with E-state index in [2.05, 4.69) is 67.7 Å². The van der Waals surface area contributed by atoms with Gasteiger partial charge in [0.2, 0.25) is 5.95 Å². The predicted molar refractivity (Wildman–Crippen MR) is 411 cm³/mol. The molecule has 0 saturated carbocycles. The average Bonchev–Trinajstić information content (AvgIpc) is 1.67. The molecule has 504 valence electrons. The molecule has 17 heteroatoms. The summed E-state index contributed by atoms with van der Waals surface area (Å²) < 4.78 is 5.42. The lowest BCUT2D eigenvalue weighted by Gasteiger charge is -2.06. The molecule has 0 aliphatic rings. The van der Waals surface area contributed by atoms with Crippen LogP contribution in [0.4, 0.5) is 5.95 Å². The fourth-order valence-electron chi connectivity index (χ4n) is 8.05. The van der Waals surface area contributed by atoms with Crippen LogP contribution in [0.25, 0.3) is 61.6 Å². The summed E-state index contributed by atoms with van der Waals surface area (Å²) in [6.45, 7) is 45.1. The highest BCUT2D eigenvalue weighted by molar-refractivity contribution is 6.13. The van der Waals surface area contributed by atoms with Crippen molar-refractivity contribution in [1.82, 2.24) is 43.7 Å². The van der Waals surface area contributed by atoms with Crippen LogP contribution in [0.5, 0.6) is 0 Å². The first-order valence-corrected chi connectivity index (χ1v) is 31.9. The normalized spacial score (nSPS) is 8.95. The van der Waals surface area contributed by atoms with Crippen LogP contribution in [-0.2, 0) is 0 Å². The molecule has 0 amide bonds. The minimum absolute atomic E-state index is 0. The lowest BCUT2D eigenvalue weighted by Crippen LogP contribution is -2.22. The van der Waals surface area contributed by atoms with Gasteiger partial charge in [-0.2, -0.15) is 15.3 Å². The Labute approximate surface area is 566 Å². The van der Waals surface area contributed by atoms with E-state index in [4.69, 9.17) is 16.6 Å². The Balaban J connectivity index is -0.000000261. The number of rotatable bonds is 11. The highest BCUT2D eigenvalue weighted by atomic mass is 16.1. The van der Waals surface area contributed by atoms with Crippen LogP contribution in [-0.4, -0.2) is 105 Å². The third-order valence-electron chi connectivity index (χ3n) is 11.2. The van der Waals surface area contributed by atoms with Crippen molar-refractivity contribution in [2.45, 2.75) is 167 Å². The lowest BCUT2D eigenvalue weighted by atomic mass is 10.0. The molecule has 15 nitrogen and oxygen atoms in total. The zero-order valence-corrected chi connectivity index (χ0v) is 59.7. The molecule has 0 fully saturated rings. The van der Waals surface area contributed by atoms with Gasteiger partial charge in [0.1, 0.15) is 17.1 Å². The number of nitrogens with one attached hydrogen (secondary N) is 1. The standard InChI is InChI=1S/C20H19N5.C19H19N3O.C16H14N2O.C3H9N3.8C2H6.2CH4.2B/c1-3-21-20-22-11-10-16(23-20)18-17-9-4-5-12-25(17)24-19(18)15-8-6-7-14(2)13-15;1-14-7-6-8-15(13-14)19-18(17(23)10-12-21(2)3)16-9-4-5-11-22(16)20-19;1-11-6-5-7-13(10-11)16-15(12(2)19)14-8-3-4-9-18(14)17-16;1-2-6-3(4)5;8*1-2;;;;/h4-13H,3H2,1-2H3,(H,21,22,23);4-13H,1-3H3;3-10H,1-2H3;2H2,1H3,(H4,4,5,6);8*1-2H3;2*1H4;;/b;12-10+;;;;;;;;;;;;;;. The van der Waals surface area contributed by atoms with Crippen molar-refractivity contribution in [3.63, 3.8) is 0 Å². The van der Waals surface area contributed by atoms with Crippen LogP contribution in [0.2, 0.25) is 0 Å². The first-order valence-electron chi connectivity index (χ1n) is 31.9. The summed E-state index contributed by atoms with van der Waals surface area (Å²) in [6, 6.07) is 44.0. The summed E-state index contributed by atoms with van der Waals surface area (Å²) in [4.78, 5) is 39.1. The van der Waals surface area contributed by atoms with Crippen LogP contribution in [0.15, 0.2) is 176 Å². The van der Waals surface area contributed by atoms with Crippen molar-refractivity contribution in [1.29, 1.82) is 0 Å². The third-order valence-corrected chi connectivity index (χ3v) is 11.2. The van der Waals surface area contributed by atoms with Gasteiger partial charge in [0.05, 0.1) is 38.9 Å². The van der Waals surface area contributed by atoms with Crippen molar-refractivity contribution in [2.24, 2.45) is 16.5 Å². The van der Waals surface area contributed by atoms with Crippen LogP contribution in [0, 0.1) is 20.8 Å². The van der Waals surface area contributed by atoms with Gasteiger partial charge in [-0.3, -0.25) is 14.6 Å². The van der Waals surface area contributed by atoms with E-state index in [0.717, 1.165) is 73.6 Å². The summed E-state index contributed by atoms with van der Waals surface area (Å²) in [6.07, 6.45) is 10.8. The number of hydrogen-bond donors (Lipinski definition) is 3. The molecule has 0 spiro atoms. The third kappa shape index (κ3) is 29.8. The number of carbonyl (C=O) groups excluding carboxylic acids is 2. The predicted octanol–water partition coefficient (Wildman–Crippen LogP) is 19.3. The van der Waals surface area contributed by atoms with Gasteiger partial charge in [0.25, 0.3) is 0 Å². The first-order chi connectivity index (χ1) is 43.3. The van der Waals surface area contributed by atoms with Gasteiger partial charge in [-0.25, -0.2) is 23.5 Å². The number of anilines is 1. The van der Waals surface area contributed by atoms with Gasteiger partial charge in [0.15, 0.2) is 17.5 Å². The maximum Gasteiger partial charge on any atom is 0.223 e. The second-order valence-corrected chi connectivity index (χ2v) is 17.3. The Morgan fingerprint density at radius 3 is 1.27 bits per heavy atom. The maximum absolute atomic E-state index is 12.7. The first kappa shape index (κ1) is 95.0. The molecule has 0 bridgehead atoms. The monoisotopic (exact) mass is 1270 g/mol. The van der Waals surface area contributed by atoms with E-state index in [1.165, 1.54) is 5.56 Å². The summed E-state index contributed by atoms with van der Waals surface area (Å²) >= 11 is 0. The highest BCUT2D eigenvalue weighted by Gasteiger charge is 2.21. The van der Waals surface area contributed by atoms with Gasteiger partial charge in [-0.05, 0) is 102 Å². The number of ketones is 2. The minimum Gasteiger partial charge on any atom is -0.383 e. The van der Waals surface area contributed by atoms with Crippen LogP contribution >= 0.6 is 0 Å². The number of Topliss-reactive ketones (excluding diaryl/α,β-unsaturated/α-hetero) is 1. The zero-order chi connectivity index (χ0) is 68.0. The number of allylic oxidation sites excluding steroid dienone is 1. The molecule has 6 radical (unpaired) electrons. The largest absolute Gasteiger partial charge is 0.383 e. The lowest BCUT2D eigenvalue weighted by molar-refractivity contribution is 0.101. The fraction of sp³-hybridized carbons (Fsp3) is 0.368. The van der Waals surface area contributed by atoms with Crippen LogP contribution in [0.1, 0.15) is 184 Å². The molecule has 93 heavy (non-hydrogen) atoms. The Morgan fingerprint density at radius 2 is 0.903 bits per heavy atom. The van der Waals surface area contributed by atoms with Crippen LogP contribution < -0.4 is 16.8 Å². The zero-order valence-electron chi connectivity index (χ0n) is 59.7. The second-order valence-electron chi connectivity index (χ2n) is 17.3. The quantitative estimate of drug-likeness (QED) is 0.0367. The number of nitrogens with zero attached hydrogens (tertiary/aromatic N) is 10. The number of guanidine groups is 1. The highest BCUT2D eigenvalue weighted by Crippen LogP contribution is 2.35. The number of aliphatic imine (C=N–C) groups is 1. The Morgan fingerprint density at radius 1 is 0.527 bits per heavy atom. The van der Waals surface area contributed by atoms with Gasteiger partial charge in [-0.1, -0.05) is 215 Å². The van der Waals surface area contributed by atoms with Gasteiger partial charge < -0.3 is 21.7 Å². The fourth-order valence-corrected chi connectivity index (χ4v) is 8.05. The molecule has 0 saturated heterocycles. The molecular weight excluding hydrogens is 1150 g/mol. The van der Waals surface area contributed by atoms with E-state index in [9.17, 15) is 9.59 Å². The molecule has 10 rings (SSSR count). The molecule has 0 atom stereocenters. The Kier molecular flexibility index (Phi) is 56.9. The molecule has 0 aliphatic carbocycles. The van der Waals surface area contributed by atoms with E-state index in [-0.39, 0.29) is 49.2 Å². The van der Waals surface area contributed by atoms with Crippen LogP contribution in [0.3, 0.4) is 0 Å². The van der Waals surface area contributed by atoms with E-state index >= 15 is 0 Å². The number of benzene rings is 3. The van der Waals surface area contributed by atoms with E-state index < -0.39 is 0 Å². The summed E-state index contributed by atoms with van der Waals surface area (Å²) in [5.41, 5.74) is 24.7. The maximum atomic E-state index is 12.7. The van der Waals surface area contributed by atoms with Crippen molar-refractivity contribution in [3.05, 3.63) is 198 Å². The Hall–Kier alpha value is -9.11.